The van der Waals surface area contributed by atoms with Crippen LogP contribution in [0.5, 0.6) is 0 Å². The van der Waals surface area contributed by atoms with Gasteiger partial charge in [0.1, 0.15) is 0 Å². The molecule has 1 aliphatic rings. The van der Waals surface area contributed by atoms with Gasteiger partial charge in [-0.1, -0.05) is 0 Å². The van der Waals surface area contributed by atoms with Crippen molar-refractivity contribution in [2.75, 3.05) is 5.43 Å². The van der Waals surface area contributed by atoms with Gasteiger partial charge in [0.05, 0.1) is 0 Å². The Balaban J connectivity index is 2.05. The Labute approximate surface area is 95.1 Å². The first-order valence-corrected chi connectivity index (χ1v) is 5.09. The number of carbonyl (C=O) groups excluding carboxylic acids is 1. The fraction of sp³-hybridized carbons (Fsp3) is 0.333. The number of aromatic nitrogens is 3. The Hall–Kier alpha value is -2.38. The summed E-state index contributed by atoms with van der Waals surface area (Å²) in [6, 6.07) is 0. The zero-order chi connectivity index (χ0) is 12.3. The lowest BCUT2D eigenvalue weighted by molar-refractivity contribution is -0.115. The standard InChI is InChI=1S/C9H11N5O3/c15-6-3-1-2-5(4-6)11-12-7-8(16)10-9(17)14-13-7/h4,11H,1-3H2,(H,12,13)(H2,10,14,16,17). The summed E-state index contributed by atoms with van der Waals surface area (Å²) in [6.45, 7) is 0. The number of hydrazine groups is 1. The SMILES string of the molecule is O=C1C=C(NNc2n[nH]c(=O)[nH]c2=O)CCC1. The van der Waals surface area contributed by atoms with Gasteiger partial charge in [-0.2, -0.15) is 0 Å². The third-order valence-electron chi connectivity index (χ3n) is 2.26. The van der Waals surface area contributed by atoms with E-state index in [1.807, 2.05) is 4.98 Å². The largest absolute Gasteiger partial charge is 0.342 e. The number of carbonyl (C=O) groups is 1. The van der Waals surface area contributed by atoms with Crippen LogP contribution >= 0.6 is 0 Å². The molecule has 2 rings (SSSR count). The molecule has 1 aliphatic carbocycles. The molecule has 0 atom stereocenters. The molecule has 0 fully saturated rings. The van der Waals surface area contributed by atoms with Crippen molar-refractivity contribution in [3.8, 4) is 0 Å². The molecule has 0 unspecified atom stereocenters. The lowest BCUT2D eigenvalue weighted by Gasteiger charge is -2.14. The highest BCUT2D eigenvalue weighted by Crippen LogP contribution is 2.11. The van der Waals surface area contributed by atoms with Gasteiger partial charge in [0, 0.05) is 18.2 Å². The van der Waals surface area contributed by atoms with Gasteiger partial charge in [0.15, 0.2) is 5.78 Å². The van der Waals surface area contributed by atoms with E-state index < -0.39 is 11.2 Å². The summed E-state index contributed by atoms with van der Waals surface area (Å²) in [7, 11) is 0. The van der Waals surface area contributed by atoms with Crippen LogP contribution in [0.3, 0.4) is 0 Å². The van der Waals surface area contributed by atoms with Crippen LogP contribution in [-0.4, -0.2) is 21.0 Å². The van der Waals surface area contributed by atoms with Crippen molar-refractivity contribution in [1.82, 2.24) is 20.6 Å². The van der Waals surface area contributed by atoms with E-state index >= 15 is 0 Å². The second-order valence-electron chi connectivity index (χ2n) is 3.59. The zero-order valence-corrected chi connectivity index (χ0v) is 8.87. The quantitative estimate of drug-likeness (QED) is 0.501. The lowest BCUT2D eigenvalue weighted by atomic mass is 10.0. The first-order chi connectivity index (χ1) is 8.15. The number of hydrogen-bond acceptors (Lipinski definition) is 6. The van der Waals surface area contributed by atoms with Crippen molar-refractivity contribution in [2.24, 2.45) is 0 Å². The van der Waals surface area contributed by atoms with Crippen molar-refractivity contribution in [1.29, 1.82) is 0 Å². The molecular weight excluding hydrogens is 226 g/mol. The number of nitrogens with zero attached hydrogens (tertiary/aromatic N) is 1. The predicted octanol–water partition coefficient (Wildman–Crippen LogP) is -0.988. The smallest absolute Gasteiger partial charge is 0.303 e. The van der Waals surface area contributed by atoms with E-state index in [1.165, 1.54) is 6.08 Å². The van der Waals surface area contributed by atoms with E-state index in [4.69, 9.17) is 0 Å². The molecule has 4 N–H and O–H groups in total. The molecule has 0 spiro atoms. The van der Waals surface area contributed by atoms with E-state index in [0.717, 1.165) is 12.8 Å². The fourth-order valence-corrected chi connectivity index (χ4v) is 1.46. The first-order valence-electron chi connectivity index (χ1n) is 5.09. The van der Waals surface area contributed by atoms with Crippen LogP contribution in [0.2, 0.25) is 0 Å². The molecule has 8 nitrogen and oxygen atoms in total. The Morgan fingerprint density at radius 1 is 1.18 bits per heavy atom. The minimum atomic E-state index is -0.674. The molecule has 0 radical (unpaired) electrons. The summed E-state index contributed by atoms with van der Waals surface area (Å²) in [4.78, 5) is 35.1. The molecule has 17 heavy (non-hydrogen) atoms. The van der Waals surface area contributed by atoms with Crippen LogP contribution in [0.1, 0.15) is 19.3 Å². The van der Waals surface area contributed by atoms with Gasteiger partial charge in [-0.3, -0.25) is 20.0 Å². The highest BCUT2D eigenvalue weighted by Gasteiger charge is 2.10. The van der Waals surface area contributed by atoms with Crippen molar-refractivity contribution < 1.29 is 4.79 Å². The molecule has 1 aromatic heterocycles. The summed E-state index contributed by atoms with van der Waals surface area (Å²) in [5.41, 5.74) is 4.63. The molecular formula is C9H11N5O3. The lowest BCUT2D eigenvalue weighted by Crippen LogP contribution is -2.32. The van der Waals surface area contributed by atoms with E-state index in [2.05, 4.69) is 21.0 Å². The number of aromatic amines is 2. The third-order valence-corrected chi connectivity index (χ3v) is 2.26. The van der Waals surface area contributed by atoms with E-state index in [9.17, 15) is 14.4 Å². The molecule has 0 amide bonds. The van der Waals surface area contributed by atoms with Crippen molar-refractivity contribution in [2.45, 2.75) is 19.3 Å². The second kappa shape index (κ2) is 4.64. The Morgan fingerprint density at radius 3 is 2.71 bits per heavy atom. The van der Waals surface area contributed by atoms with Gasteiger partial charge in [-0.15, -0.1) is 5.10 Å². The normalized spacial score (nSPS) is 15.3. The number of ketones is 1. The average molecular weight is 237 g/mol. The summed E-state index contributed by atoms with van der Waals surface area (Å²) >= 11 is 0. The Kier molecular flexibility index (Phi) is 3.03. The van der Waals surface area contributed by atoms with E-state index in [-0.39, 0.29) is 11.6 Å². The van der Waals surface area contributed by atoms with Gasteiger partial charge >= 0.3 is 5.69 Å². The predicted molar refractivity (Wildman–Crippen MR) is 59.2 cm³/mol. The van der Waals surface area contributed by atoms with Gasteiger partial charge in [-0.25, -0.2) is 9.89 Å². The maximum absolute atomic E-state index is 11.3. The average Bonchev–Trinajstić information content (AvgIpc) is 2.28. The molecule has 1 heterocycles. The van der Waals surface area contributed by atoms with Crippen LogP contribution in [0.15, 0.2) is 21.4 Å². The molecule has 0 bridgehead atoms. The minimum Gasteiger partial charge on any atom is -0.303 e. The Bertz CT molecular complexity index is 570. The molecule has 0 aliphatic heterocycles. The second-order valence-corrected chi connectivity index (χ2v) is 3.59. The molecule has 90 valence electrons. The number of anilines is 1. The van der Waals surface area contributed by atoms with Crippen molar-refractivity contribution >= 4 is 11.6 Å². The number of nitrogens with one attached hydrogen (secondary N) is 4. The molecule has 1 aromatic rings. The number of H-pyrrole nitrogens is 2. The van der Waals surface area contributed by atoms with E-state index in [1.54, 1.807) is 0 Å². The summed E-state index contributed by atoms with van der Waals surface area (Å²) < 4.78 is 0. The summed E-state index contributed by atoms with van der Waals surface area (Å²) in [5, 5.41) is 5.60. The van der Waals surface area contributed by atoms with Crippen LogP contribution in [-0.2, 0) is 4.79 Å². The van der Waals surface area contributed by atoms with Gasteiger partial charge in [-0.05, 0) is 12.8 Å². The molecule has 0 saturated carbocycles. The van der Waals surface area contributed by atoms with Crippen LogP contribution in [0.25, 0.3) is 0 Å². The molecule has 0 saturated heterocycles. The van der Waals surface area contributed by atoms with Crippen molar-refractivity contribution in [3.05, 3.63) is 32.6 Å². The van der Waals surface area contributed by atoms with Crippen LogP contribution in [0, 0.1) is 0 Å². The monoisotopic (exact) mass is 237 g/mol. The highest BCUT2D eigenvalue weighted by atomic mass is 16.2. The van der Waals surface area contributed by atoms with Gasteiger partial charge in [0.2, 0.25) is 5.82 Å². The van der Waals surface area contributed by atoms with Gasteiger partial charge < -0.3 is 5.43 Å². The number of rotatable bonds is 3. The van der Waals surface area contributed by atoms with Gasteiger partial charge in [0.25, 0.3) is 5.56 Å². The zero-order valence-electron chi connectivity index (χ0n) is 8.87. The highest BCUT2D eigenvalue weighted by molar-refractivity contribution is 5.91. The summed E-state index contributed by atoms with van der Waals surface area (Å²) in [5.74, 6) is -0.0209. The summed E-state index contributed by atoms with van der Waals surface area (Å²) in [6.07, 6.45) is 3.52. The number of hydrogen-bond donors (Lipinski definition) is 4. The molecule has 8 heteroatoms. The van der Waals surface area contributed by atoms with Crippen LogP contribution in [0.4, 0.5) is 5.82 Å². The molecule has 0 aromatic carbocycles. The number of allylic oxidation sites excluding steroid dienone is 2. The van der Waals surface area contributed by atoms with Crippen molar-refractivity contribution in [3.63, 3.8) is 0 Å². The fourth-order valence-electron chi connectivity index (χ4n) is 1.46. The maximum Gasteiger partial charge on any atom is 0.342 e. The van der Waals surface area contributed by atoms with Crippen LogP contribution < -0.4 is 22.1 Å². The topological polar surface area (TPSA) is 120 Å². The van der Waals surface area contributed by atoms with E-state index in [0.29, 0.717) is 12.1 Å². The third kappa shape index (κ3) is 2.80. The first kappa shape index (κ1) is 11.1. The Morgan fingerprint density at radius 2 is 2.00 bits per heavy atom. The maximum atomic E-state index is 11.3. The minimum absolute atomic E-state index is 0.0453.